The summed E-state index contributed by atoms with van der Waals surface area (Å²) in [5.41, 5.74) is 1.37. The zero-order chi connectivity index (χ0) is 18.9. The summed E-state index contributed by atoms with van der Waals surface area (Å²) >= 11 is 0. The number of methoxy groups -OCH3 is 1. The van der Waals surface area contributed by atoms with Crippen LogP contribution in [0.2, 0.25) is 0 Å². The predicted octanol–water partition coefficient (Wildman–Crippen LogP) is 4.28. The van der Waals surface area contributed by atoms with Crippen LogP contribution in [0.15, 0.2) is 54.1 Å². The molecular weight excluding hydrogens is 328 g/mol. The number of carbonyl (C=O) groups is 1. The monoisotopic (exact) mass is 350 g/mol. The molecule has 1 N–H and O–H groups in total. The van der Waals surface area contributed by atoms with E-state index in [1.807, 2.05) is 30.3 Å². The summed E-state index contributed by atoms with van der Waals surface area (Å²) in [5.74, 6) is 1.44. The molecule has 0 radical (unpaired) electrons. The molecule has 1 amide bonds. The first kappa shape index (κ1) is 19.1. The van der Waals surface area contributed by atoms with Crippen LogP contribution in [0.5, 0.6) is 11.5 Å². The molecule has 5 nitrogen and oxygen atoms in total. The highest BCUT2D eigenvalue weighted by molar-refractivity contribution is 6.09. The van der Waals surface area contributed by atoms with E-state index in [0.29, 0.717) is 24.0 Å². The Morgan fingerprint density at radius 1 is 1.12 bits per heavy atom. The minimum Gasteiger partial charge on any atom is -0.497 e. The van der Waals surface area contributed by atoms with Crippen molar-refractivity contribution in [3.05, 3.63) is 59.7 Å². The molecule has 0 bridgehead atoms. The molecule has 0 aliphatic heterocycles. The van der Waals surface area contributed by atoms with Crippen molar-refractivity contribution in [1.29, 1.82) is 5.26 Å². The lowest BCUT2D eigenvalue weighted by Crippen LogP contribution is -2.13. The number of hydrogen-bond donors (Lipinski definition) is 1. The molecule has 134 valence electrons. The first-order valence-electron chi connectivity index (χ1n) is 8.32. The van der Waals surface area contributed by atoms with Crippen LogP contribution in [0.25, 0.3) is 6.08 Å². The predicted molar refractivity (Wildman–Crippen MR) is 102 cm³/mol. The zero-order valence-electron chi connectivity index (χ0n) is 15.2. The lowest BCUT2D eigenvalue weighted by atomic mass is 10.1. The van der Waals surface area contributed by atoms with Gasteiger partial charge in [-0.2, -0.15) is 5.26 Å². The standard InChI is InChI=1S/C21H22N2O3/c1-15(2)14-26-20-8-4-16(5-9-20)12-17(13-22)21(24)23-18-6-10-19(25-3)11-7-18/h4-12,15H,14H2,1-3H3,(H,23,24)/b17-12+. The highest BCUT2D eigenvalue weighted by Gasteiger charge is 2.09. The number of carbonyl (C=O) groups excluding carboxylic acids is 1. The van der Waals surface area contributed by atoms with E-state index in [1.54, 1.807) is 37.5 Å². The van der Waals surface area contributed by atoms with E-state index < -0.39 is 5.91 Å². The van der Waals surface area contributed by atoms with Crippen molar-refractivity contribution < 1.29 is 14.3 Å². The number of nitrogens with one attached hydrogen (secondary N) is 1. The van der Waals surface area contributed by atoms with Gasteiger partial charge in [-0.05, 0) is 54.0 Å². The Morgan fingerprint density at radius 3 is 2.27 bits per heavy atom. The average molecular weight is 350 g/mol. The molecule has 0 unspecified atom stereocenters. The largest absolute Gasteiger partial charge is 0.497 e. The van der Waals surface area contributed by atoms with Gasteiger partial charge >= 0.3 is 0 Å². The van der Waals surface area contributed by atoms with Gasteiger partial charge in [0.15, 0.2) is 0 Å². The van der Waals surface area contributed by atoms with E-state index in [4.69, 9.17) is 9.47 Å². The van der Waals surface area contributed by atoms with Gasteiger partial charge in [-0.25, -0.2) is 0 Å². The molecule has 2 aromatic carbocycles. The SMILES string of the molecule is COc1ccc(NC(=O)/C(C#N)=C/c2ccc(OCC(C)C)cc2)cc1. The molecule has 5 heteroatoms. The fraction of sp³-hybridized carbons (Fsp3) is 0.238. The van der Waals surface area contributed by atoms with Crippen molar-refractivity contribution >= 4 is 17.7 Å². The van der Waals surface area contributed by atoms with Crippen molar-refractivity contribution in [2.75, 3.05) is 19.0 Å². The molecule has 0 fully saturated rings. The minimum atomic E-state index is -0.460. The normalized spacial score (nSPS) is 11.0. The summed E-state index contributed by atoms with van der Waals surface area (Å²) in [6.45, 7) is 4.80. The molecule has 0 saturated heterocycles. The van der Waals surface area contributed by atoms with Gasteiger partial charge < -0.3 is 14.8 Å². The topological polar surface area (TPSA) is 71.3 Å². The molecule has 26 heavy (non-hydrogen) atoms. The van der Waals surface area contributed by atoms with Crippen LogP contribution in [0.1, 0.15) is 19.4 Å². The molecule has 0 heterocycles. The maximum absolute atomic E-state index is 12.3. The first-order chi connectivity index (χ1) is 12.5. The summed E-state index contributed by atoms with van der Waals surface area (Å²) in [7, 11) is 1.57. The number of ether oxygens (including phenoxy) is 2. The van der Waals surface area contributed by atoms with Gasteiger partial charge in [-0.15, -0.1) is 0 Å². The van der Waals surface area contributed by atoms with Gasteiger partial charge in [0.1, 0.15) is 23.1 Å². The second-order valence-corrected chi connectivity index (χ2v) is 6.13. The molecule has 0 aliphatic carbocycles. The molecule has 0 aromatic heterocycles. The van der Waals surface area contributed by atoms with E-state index in [2.05, 4.69) is 19.2 Å². The third-order valence-electron chi connectivity index (χ3n) is 3.49. The summed E-state index contributed by atoms with van der Waals surface area (Å²) in [6.07, 6.45) is 1.55. The molecule has 0 aliphatic rings. The lowest BCUT2D eigenvalue weighted by Gasteiger charge is -2.08. The highest BCUT2D eigenvalue weighted by atomic mass is 16.5. The molecule has 0 spiro atoms. The van der Waals surface area contributed by atoms with Crippen LogP contribution in [0, 0.1) is 17.2 Å². The fourth-order valence-corrected chi connectivity index (χ4v) is 2.11. The third-order valence-corrected chi connectivity index (χ3v) is 3.49. The zero-order valence-corrected chi connectivity index (χ0v) is 15.2. The lowest BCUT2D eigenvalue weighted by molar-refractivity contribution is -0.112. The highest BCUT2D eigenvalue weighted by Crippen LogP contribution is 2.18. The third kappa shape index (κ3) is 5.67. The second-order valence-electron chi connectivity index (χ2n) is 6.13. The summed E-state index contributed by atoms with van der Waals surface area (Å²) in [4.78, 5) is 12.3. The van der Waals surface area contributed by atoms with E-state index >= 15 is 0 Å². The number of rotatable bonds is 7. The fourth-order valence-electron chi connectivity index (χ4n) is 2.11. The summed E-state index contributed by atoms with van der Waals surface area (Å²) in [5, 5.41) is 12.0. The van der Waals surface area contributed by atoms with Crippen molar-refractivity contribution in [2.45, 2.75) is 13.8 Å². The quantitative estimate of drug-likeness (QED) is 0.598. The maximum atomic E-state index is 12.3. The van der Waals surface area contributed by atoms with Gasteiger partial charge in [-0.3, -0.25) is 4.79 Å². The van der Waals surface area contributed by atoms with Crippen molar-refractivity contribution in [3.63, 3.8) is 0 Å². The van der Waals surface area contributed by atoms with Crippen molar-refractivity contribution in [1.82, 2.24) is 0 Å². The Bertz CT molecular complexity index is 801. The van der Waals surface area contributed by atoms with Crippen LogP contribution >= 0.6 is 0 Å². The maximum Gasteiger partial charge on any atom is 0.266 e. The van der Waals surface area contributed by atoms with Crippen LogP contribution in [0.4, 0.5) is 5.69 Å². The van der Waals surface area contributed by atoms with Crippen molar-refractivity contribution in [3.8, 4) is 17.6 Å². The van der Waals surface area contributed by atoms with Gasteiger partial charge in [0.2, 0.25) is 0 Å². The molecule has 2 rings (SSSR count). The van der Waals surface area contributed by atoms with Gasteiger partial charge in [0, 0.05) is 5.69 Å². The number of amides is 1. The molecule has 0 atom stereocenters. The minimum absolute atomic E-state index is 0.0247. The molecule has 2 aromatic rings. The van der Waals surface area contributed by atoms with E-state index in [9.17, 15) is 10.1 Å². The van der Waals surface area contributed by atoms with Gasteiger partial charge in [0.25, 0.3) is 5.91 Å². The van der Waals surface area contributed by atoms with Gasteiger partial charge in [-0.1, -0.05) is 26.0 Å². The Hall–Kier alpha value is -3.26. The van der Waals surface area contributed by atoms with Crippen molar-refractivity contribution in [2.24, 2.45) is 5.92 Å². The van der Waals surface area contributed by atoms with E-state index in [1.165, 1.54) is 0 Å². The smallest absolute Gasteiger partial charge is 0.266 e. The molecule has 0 saturated carbocycles. The van der Waals surface area contributed by atoms with Crippen LogP contribution in [-0.2, 0) is 4.79 Å². The Balaban J connectivity index is 2.06. The van der Waals surface area contributed by atoms with E-state index in [-0.39, 0.29) is 5.57 Å². The molecular formula is C21H22N2O3. The van der Waals surface area contributed by atoms with E-state index in [0.717, 1.165) is 11.3 Å². The van der Waals surface area contributed by atoms with Crippen LogP contribution in [0.3, 0.4) is 0 Å². The van der Waals surface area contributed by atoms with Crippen LogP contribution < -0.4 is 14.8 Å². The summed E-state index contributed by atoms with van der Waals surface area (Å²) in [6, 6.07) is 16.1. The Kier molecular flexibility index (Phi) is 6.81. The Labute approximate surface area is 153 Å². The van der Waals surface area contributed by atoms with Crippen LogP contribution in [-0.4, -0.2) is 19.6 Å². The second kappa shape index (κ2) is 9.28. The average Bonchev–Trinajstić information content (AvgIpc) is 2.65. The number of nitrogens with zero attached hydrogens (tertiary/aromatic N) is 1. The summed E-state index contributed by atoms with van der Waals surface area (Å²) < 4.78 is 10.7. The van der Waals surface area contributed by atoms with Gasteiger partial charge in [0.05, 0.1) is 13.7 Å². The Morgan fingerprint density at radius 2 is 1.73 bits per heavy atom. The number of benzene rings is 2. The number of anilines is 1. The number of nitriles is 1. The first-order valence-corrected chi connectivity index (χ1v) is 8.32. The number of hydrogen-bond acceptors (Lipinski definition) is 4.